The first-order valence-corrected chi connectivity index (χ1v) is 5.93. The van der Waals surface area contributed by atoms with Gasteiger partial charge in [-0.1, -0.05) is 26.2 Å². The van der Waals surface area contributed by atoms with Crippen LogP contribution in [0.3, 0.4) is 0 Å². The summed E-state index contributed by atoms with van der Waals surface area (Å²) in [6.07, 6.45) is 3.72. The molecular weight excluding hydrogens is 222 g/mol. The molecule has 1 saturated carbocycles. The van der Waals surface area contributed by atoms with Crippen molar-refractivity contribution in [2.24, 2.45) is 5.92 Å². The zero-order valence-electron chi connectivity index (χ0n) is 11.1. The Morgan fingerprint density at radius 2 is 1.88 bits per heavy atom. The van der Waals surface area contributed by atoms with E-state index >= 15 is 0 Å². The van der Waals surface area contributed by atoms with Crippen molar-refractivity contribution >= 4 is 12.1 Å². The first-order chi connectivity index (χ1) is 7.74. The Morgan fingerprint density at radius 3 is 2.12 bits per heavy atom. The molecule has 0 aromatic heterocycles. The first kappa shape index (κ1) is 15.7. The lowest BCUT2D eigenvalue weighted by Gasteiger charge is -2.19. The monoisotopic (exact) mass is 245 g/mol. The topological polar surface area (TPSA) is 75.6 Å². The Bertz CT molecular complexity index is 254. The molecule has 1 fully saturated rings. The van der Waals surface area contributed by atoms with Gasteiger partial charge in [0, 0.05) is 0 Å². The highest BCUT2D eigenvalue weighted by Gasteiger charge is 2.17. The van der Waals surface area contributed by atoms with Crippen LogP contribution in [0.5, 0.6) is 0 Å². The van der Waals surface area contributed by atoms with Crippen LogP contribution in [-0.4, -0.2) is 29.3 Å². The van der Waals surface area contributed by atoms with Gasteiger partial charge in [0.05, 0.1) is 0 Å². The standard InChI is InChI=1S/C7H13NO4.C5H10/c1-7(2,3)12-6(11)8-4-5(9)10;1-2-5-3-4-5/h4H2,1-3H3,(H,8,11)(H,9,10);5H,2-4H2,1H3. The summed E-state index contributed by atoms with van der Waals surface area (Å²) >= 11 is 0. The van der Waals surface area contributed by atoms with E-state index in [2.05, 4.69) is 12.2 Å². The molecule has 0 radical (unpaired) electrons. The van der Waals surface area contributed by atoms with Gasteiger partial charge < -0.3 is 15.2 Å². The van der Waals surface area contributed by atoms with E-state index in [0.29, 0.717) is 0 Å². The third-order valence-corrected chi connectivity index (χ3v) is 2.06. The van der Waals surface area contributed by atoms with Crippen LogP contribution in [0, 0.1) is 5.92 Å². The van der Waals surface area contributed by atoms with Gasteiger partial charge >= 0.3 is 12.1 Å². The number of nitrogens with one attached hydrogen (secondary N) is 1. The smallest absolute Gasteiger partial charge is 0.408 e. The quantitative estimate of drug-likeness (QED) is 0.800. The van der Waals surface area contributed by atoms with Crippen LogP contribution >= 0.6 is 0 Å². The molecule has 1 aliphatic carbocycles. The number of hydrogen-bond acceptors (Lipinski definition) is 3. The molecule has 5 nitrogen and oxygen atoms in total. The lowest BCUT2D eigenvalue weighted by molar-refractivity contribution is -0.136. The van der Waals surface area contributed by atoms with Gasteiger partial charge in [0.15, 0.2) is 0 Å². The van der Waals surface area contributed by atoms with Crippen LogP contribution < -0.4 is 5.32 Å². The number of carbonyl (C=O) groups excluding carboxylic acids is 1. The number of ether oxygens (including phenoxy) is 1. The van der Waals surface area contributed by atoms with E-state index in [0.717, 1.165) is 5.92 Å². The molecule has 0 atom stereocenters. The summed E-state index contributed by atoms with van der Waals surface area (Å²) < 4.78 is 4.77. The highest BCUT2D eigenvalue weighted by atomic mass is 16.6. The van der Waals surface area contributed by atoms with Crippen molar-refractivity contribution in [3.8, 4) is 0 Å². The van der Waals surface area contributed by atoms with E-state index in [9.17, 15) is 9.59 Å². The minimum Gasteiger partial charge on any atom is -0.480 e. The normalized spacial score (nSPS) is 14.4. The molecule has 0 aliphatic heterocycles. The van der Waals surface area contributed by atoms with Crippen LogP contribution in [0.2, 0.25) is 0 Å². The van der Waals surface area contributed by atoms with Crippen molar-refractivity contribution in [3.63, 3.8) is 0 Å². The summed E-state index contributed by atoms with van der Waals surface area (Å²) in [5, 5.41) is 10.3. The zero-order valence-corrected chi connectivity index (χ0v) is 11.1. The number of carboxylic acid groups (broad SMARTS) is 1. The van der Waals surface area contributed by atoms with E-state index in [1.54, 1.807) is 20.8 Å². The van der Waals surface area contributed by atoms with Crippen molar-refractivity contribution in [2.75, 3.05) is 6.54 Å². The Balaban J connectivity index is 0.000000419. The van der Waals surface area contributed by atoms with Crippen molar-refractivity contribution in [2.45, 2.75) is 52.6 Å². The zero-order chi connectivity index (χ0) is 13.5. The Labute approximate surface area is 103 Å². The molecule has 1 amide bonds. The Morgan fingerprint density at radius 1 is 1.35 bits per heavy atom. The van der Waals surface area contributed by atoms with Gasteiger partial charge in [0.25, 0.3) is 0 Å². The van der Waals surface area contributed by atoms with Gasteiger partial charge in [-0.2, -0.15) is 0 Å². The molecule has 5 heteroatoms. The maximum Gasteiger partial charge on any atom is 0.408 e. The number of hydrogen-bond donors (Lipinski definition) is 2. The van der Waals surface area contributed by atoms with Crippen LogP contribution in [-0.2, 0) is 9.53 Å². The number of carbonyl (C=O) groups is 2. The number of rotatable bonds is 3. The third-order valence-electron chi connectivity index (χ3n) is 2.06. The molecule has 0 saturated heterocycles. The van der Waals surface area contributed by atoms with Gasteiger partial charge in [0.1, 0.15) is 12.1 Å². The van der Waals surface area contributed by atoms with Crippen LogP contribution in [0.4, 0.5) is 4.79 Å². The van der Waals surface area contributed by atoms with Crippen LogP contribution in [0.25, 0.3) is 0 Å². The van der Waals surface area contributed by atoms with Crippen LogP contribution in [0.1, 0.15) is 47.0 Å². The number of alkyl carbamates (subject to hydrolysis) is 1. The molecule has 1 aliphatic rings. The number of carboxylic acids is 1. The Kier molecular flexibility index (Phi) is 6.61. The summed E-state index contributed by atoms with van der Waals surface area (Å²) in [5.74, 6) is 0.0378. The molecule has 0 aromatic rings. The lowest BCUT2D eigenvalue weighted by atomic mass is 10.2. The van der Waals surface area contributed by atoms with E-state index in [-0.39, 0.29) is 0 Å². The van der Waals surface area contributed by atoms with Crippen molar-refractivity contribution in [1.29, 1.82) is 0 Å². The van der Waals surface area contributed by atoms with Crippen molar-refractivity contribution < 1.29 is 19.4 Å². The van der Waals surface area contributed by atoms with E-state index < -0.39 is 24.2 Å². The SMILES string of the molecule is CC(C)(C)OC(=O)NCC(=O)O.CCC1CC1. The number of amides is 1. The molecular formula is C12H23NO4. The lowest BCUT2D eigenvalue weighted by Crippen LogP contribution is -2.35. The molecule has 0 bridgehead atoms. The summed E-state index contributed by atoms with van der Waals surface area (Å²) in [4.78, 5) is 20.8. The predicted molar refractivity (Wildman–Crippen MR) is 64.9 cm³/mol. The second-order valence-electron chi connectivity index (χ2n) is 5.10. The van der Waals surface area contributed by atoms with Crippen LogP contribution in [0.15, 0.2) is 0 Å². The molecule has 17 heavy (non-hydrogen) atoms. The molecule has 0 aromatic carbocycles. The summed E-state index contributed by atoms with van der Waals surface area (Å²) in [6.45, 7) is 6.95. The summed E-state index contributed by atoms with van der Waals surface area (Å²) in [6, 6.07) is 0. The van der Waals surface area contributed by atoms with E-state index in [1.165, 1.54) is 19.3 Å². The minimum absolute atomic E-state index is 0.422. The average Bonchev–Trinajstić information content (AvgIpc) is 2.96. The van der Waals surface area contributed by atoms with Gasteiger partial charge in [-0.25, -0.2) is 4.79 Å². The third kappa shape index (κ3) is 12.7. The summed E-state index contributed by atoms with van der Waals surface area (Å²) in [5.41, 5.74) is -0.595. The number of aliphatic carboxylic acids is 1. The highest BCUT2D eigenvalue weighted by molar-refractivity contribution is 5.76. The molecule has 100 valence electrons. The second-order valence-corrected chi connectivity index (χ2v) is 5.10. The fourth-order valence-electron chi connectivity index (χ4n) is 0.988. The van der Waals surface area contributed by atoms with Gasteiger partial charge in [-0.05, 0) is 26.7 Å². The van der Waals surface area contributed by atoms with Gasteiger partial charge in [-0.3, -0.25) is 4.79 Å². The molecule has 0 unspecified atom stereocenters. The van der Waals surface area contributed by atoms with Crippen molar-refractivity contribution in [1.82, 2.24) is 5.32 Å². The van der Waals surface area contributed by atoms with Crippen molar-refractivity contribution in [3.05, 3.63) is 0 Å². The molecule has 2 N–H and O–H groups in total. The van der Waals surface area contributed by atoms with E-state index in [4.69, 9.17) is 9.84 Å². The molecule has 0 spiro atoms. The molecule has 0 heterocycles. The Hall–Kier alpha value is -1.26. The first-order valence-electron chi connectivity index (χ1n) is 5.93. The minimum atomic E-state index is -1.10. The van der Waals surface area contributed by atoms with Gasteiger partial charge in [0.2, 0.25) is 0 Å². The maximum absolute atomic E-state index is 10.8. The fourth-order valence-corrected chi connectivity index (χ4v) is 0.988. The fraction of sp³-hybridized carbons (Fsp3) is 0.833. The maximum atomic E-state index is 10.8. The molecule has 1 rings (SSSR count). The highest BCUT2D eigenvalue weighted by Crippen LogP contribution is 2.31. The largest absolute Gasteiger partial charge is 0.480 e. The summed E-state index contributed by atoms with van der Waals surface area (Å²) in [7, 11) is 0. The van der Waals surface area contributed by atoms with E-state index in [1.807, 2.05) is 0 Å². The van der Waals surface area contributed by atoms with Gasteiger partial charge in [-0.15, -0.1) is 0 Å². The predicted octanol–water partition coefficient (Wildman–Crippen LogP) is 2.40. The average molecular weight is 245 g/mol. The second kappa shape index (κ2) is 7.14.